The van der Waals surface area contributed by atoms with E-state index in [4.69, 9.17) is 9.47 Å². The van der Waals surface area contributed by atoms with Crippen molar-refractivity contribution >= 4 is 11.9 Å². The van der Waals surface area contributed by atoms with Crippen molar-refractivity contribution in [1.29, 1.82) is 0 Å². The Hall–Kier alpha value is -3.68. The van der Waals surface area contributed by atoms with Crippen LogP contribution in [-0.4, -0.2) is 40.1 Å². The molecule has 0 fully saturated rings. The highest BCUT2D eigenvalue weighted by Gasteiger charge is 2.23. The molecule has 0 aliphatic carbocycles. The summed E-state index contributed by atoms with van der Waals surface area (Å²) in [5.74, 6) is -0.356. The maximum absolute atomic E-state index is 12.6. The van der Waals surface area contributed by atoms with Crippen LogP contribution in [0, 0.1) is 20.8 Å². The summed E-state index contributed by atoms with van der Waals surface area (Å²) >= 11 is 0. The first-order valence-corrected chi connectivity index (χ1v) is 9.91. The molecule has 8 heteroatoms. The summed E-state index contributed by atoms with van der Waals surface area (Å²) in [5.41, 5.74) is 4.30. The number of benzene rings is 2. The molecule has 0 radical (unpaired) electrons. The maximum atomic E-state index is 12.6. The number of methoxy groups -OCH3 is 1. The van der Waals surface area contributed by atoms with Gasteiger partial charge in [-0.15, -0.1) is 5.10 Å². The summed E-state index contributed by atoms with van der Waals surface area (Å²) in [6, 6.07) is 13.2. The molecule has 0 saturated carbocycles. The van der Waals surface area contributed by atoms with Gasteiger partial charge in [-0.05, 0) is 57.0 Å². The lowest BCUT2D eigenvalue weighted by Crippen LogP contribution is -2.35. The van der Waals surface area contributed by atoms with E-state index in [0.29, 0.717) is 12.2 Å². The number of nitrogens with one attached hydrogen (secondary N) is 1. The fraction of sp³-hybridized carbons (Fsp3) is 0.304. The van der Waals surface area contributed by atoms with E-state index in [2.05, 4.69) is 15.5 Å². The third-order valence-electron chi connectivity index (χ3n) is 4.82. The molecule has 3 rings (SSSR count). The molecule has 2 aromatic carbocycles. The van der Waals surface area contributed by atoms with Crippen LogP contribution in [0.25, 0.3) is 5.69 Å². The fourth-order valence-corrected chi connectivity index (χ4v) is 3.05. The van der Waals surface area contributed by atoms with Crippen LogP contribution in [0.3, 0.4) is 0 Å². The van der Waals surface area contributed by atoms with E-state index >= 15 is 0 Å². The van der Waals surface area contributed by atoms with Gasteiger partial charge in [0.25, 0.3) is 5.91 Å². The zero-order valence-corrected chi connectivity index (χ0v) is 18.3. The number of amides is 1. The first kappa shape index (κ1) is 22.0. The number of rotatable bonds is 7. The fourth-order valence-electron chi connectivity index (χ4n) is 3.05. The first-order valence-electron chi connectivity index (χ1n) is 9.91. The zero-order valence-electron chi connectivity index (χ0n) is 18.3. The molecular formula is C23H26N4O4. The summed E-state index contributed by atoms with van der Waals surface area (Å²) in [7, 11) is 1.59. The van der Waals surface area contributed by atoms with Gasteiger partial charge in [0, 0.05) is 6.54 Å². The Kier molecular flexibility index (Phi) is 6.69. The Morgan fingerprint density at radius 1 is 1.06 bits per heavy atom. The molecule has 0 aliphatic heterocycles. The van der Waals surface area contributed by atoms with E-state index < -0.39 is 18.0 Å². The largest absolute Gasteiger partial charge is 0.497 e. The standard InChI is InChI=1S/C23H26N4O4/c1-14-6-11-20(15(2)12-14)27-25-16(3)21(26-27)23(29)31-17(4)22(28)24-13-18-7-9-19(30-5)10-8-18/h6-12,17H,13H2,1-5H3,(H,24,28)/t17-/m1/s1. The molecule has 0 spiro atoms. The van der Waals surface area contributed by atoms with Crippen molar-refractivity contribution in [2.75, 3.05) is 7.11 Å². The highest BCUT2D eigenvalue weighted by Crippen LogP contribution is 2.16. The average Bonchev–Trinajstić information content (AvgIpc) is 3.13. The normalized spacial score (nSPS) is 11.6. The summed E-state index contributed by atoms with van der Waals surface area (Å²) < 4.78 is 10.4. The number of nitrogens with zero attached hydrogens (tertiary/aromatic N) is 3. The van der Waals surface area contributed by atoms with Gasteiger partial charge in [0.2, 0.25) is 0 Å². The SMILES string of the molecule is COc1ccc(CNC(=O)[C@@H](C)OC(=O)c2nn(-c3ccc(C)cc3C)nc2C)cc1. The second kappa shape index (κ2) is 9.42. The van der Waals surface area contributed by atoms with Crippen molar-refractivity contribution < 1.29 is 19.1 Å². The molecule has 8 nitrogen and oxygen atoms in total. The Balaban J connectivity index is 1.62. The van der Waals surface area contributed by atoms with E-state index in [9.17, 15) is 9.59 Å². The molecule has 162 valence electrons. The van der Waals surface area contributed by atoms with Crippen LogP contribution in [0.1, 0.15) is 39.8 Å². The van der Waals surface area contributed by atoms with Gasteiger partial charge >= 0.3 is 5.97 Å². The van der Waals surface area contributed by atoms with Crippen molar-refractivity contribution in [3.05, 3.63) is 70.5 Å². The minimum absolute atomic E-state index is 0.0785. The van der Waals surface area contributed by atoms with Crippen molar-refractivity contribution in [2.45, 2.75) is 40.3 Å². The maximum Gasteiger partial charge on any atom is 0.361 e. The van der Waals surface area contributed by atoms with Gasteiger partial charge in [-0.3, -0.25) is 4.79 Å². The van der Waals surface area contributed by atoms with Crippen molar-refractivity contribution in [2.24, 2.45) is 0 Å². The molecule has 0 saturated heterocycles. The molecule has 1 N–H and O–H groups in total. The second-order valence-corrected chi connectivity index (χ2v) is 7.33. The molecule has 0 aliphatic rings. The predicted octanol–water partition coefficient (Wildman–Crippen LogP) is 3.06. The van der Waals surface area contributed by atoms with Crippen molar-refractivity contribution in [1.82, 2.24) is 20.3 Å². The zero-order chi connectivity index (χ0) is 22.5. The number of hydrogen-bond donors (Lipinski definition) is 1. The first-order chi connectivity index (χ1) is 14.8. The molecule has 1 atom stereocenters. The molecule has 3 aromatic rings. The van der Waals surface area contributed by atoms with Crippen LogP contribution in [0.4, 0.5) is 0 Å². The topological polar surface area (TPSA) is 95.3 Å². The van der Waals surface area contributed by atoms with Crippen LogP contribution >= 0.6 is 0 Å². The Morgan fingerprint density at radius 2 is 1.77 bits per heavy atom. The smallest absolute Gasteiger partial charge is 0.361 e. The van der Waals surface area contributed by atoms with Crippen LogP contribution in [0.5, 0.6) is 5.75 Å². The van der Waals surface area contributed by atoms with E-state index in [-0.39, 0.29) is 5.69 Å². The minimum atomic E-state index is -0.976. The van der Waals surface area contributed by atoms with Gasteiger partial charge in [-0.25, -0.2) is 4.79 Å². The minimum Gasteiger partial charge on any atom is -0.497 e. The number of aryl methyl sites for hydroxylation is 3. The average molecular weight is 422 g/mol. The molecule has 0 bridgehead atoms. The Labute approximate surface area is 181 Å². The number of carbonyl (C=O) groups is 2. The molecule has 31 heavy (non-hydrogen) atoms. The van der Waals surface area contributed by atoms with Gasteiger partial charge in [0.15, 0.2) is 11.8 Å². The van der Waals surface area contributed by atoms with E-state index in [1.165, 1.54) is 11.7 Å². The molecule has 0 unspecified atom stereocenters. The van der Waals surface area contributed by atoms with Gasteiger partial charge in [0.1, 0.15) is 5.75 Å². The molecular weight excluding hydrogens is 396 g/mol. The summed E-state index contributed by atoms with van der Waals surface area (Å²) in [5, 5.41) is 11.4. The highest BCUT2D eigenvalue weighted by atomic mass is 16.5. The van der Waals surface area contributed by atoms with Crippen LogP contribution < -0.4 is 10.1 Å². The molecule has 1 heterocycles. The summed E-state index contributed by atoms with van der Waals surface area (Å²) in [6.07, 6.45) is -0.976. The molecule has 1 amide bonds. The van der Waals surface area contributed by atoms with E-state index in [0.717, 1.165) is 28.1 Å². The lowest BCUT2D eigenvalue weighted by molar-refractivity contribution is -0.129. The quantitative estimate of drug-likeness (QED) is 0.588. The third kappa shape index (κ3) is 5.28. The third-order valence-corrected chi connectivity index (χ3v) is 4.82. The number of ether oxygens (including phenoxy) is 2. The monoisotopic (exact) mass is 422 g/mol. The number of hydrogen-bond acceptors (Lipinski definition) is 6. The van der Waals surface area contributed by atoms with E-state index in [1.807, 2.05) is 56.3 Å². The Morgan fingerprint density at radius 3 is 2.42 bits per heavy atom. The number of carbonyl (C=O) groups excluding carboxylic acids is 2. The Bertz CT molecular complexity index is 1090. The molecule has 1 aromatic heterocycles. The van der Waals surface area contributed by atoms with Crippen molar-refractivity contribution in [3.63, 3.8) is 0 Å². The predicted molar refractivity (Wildman–Crippen MR) is 115 cm³/mol. The van der Waals surface area contributed by atoms with Gasteiger partial charge in [0.05, 0.1) is 18.5 Å². The summed E-state index contributed by atoms with van der Waals surface area (Å²) in [6.45, 7) is 7.46. The highest BCUT2D eigenvalue weighted by molar-refractivity contribution is 5.91. The van der Waals surface area contributed by atoms with Gasteiger partial charge < -0.3 is 14.8 Å². The van der Waals surface area contributed by atoms with E-state index in [1.54, 1.807) is 14.0 Å². The van der Waals surface area contributed by atoms with Crippen LogP contribution in [0.15, 0.2) is 42.5 Å². The van der Waals surface area contributed by atoms with Crippen LogP contribution in [-0.2, 0) is 16.1 Å². The number of aromatic nitrogens is 3. The number of esters is 1. The van der Waals surface area contributed by atoms with Crippen LogP contribution in [0.2, 0.25) is 0 Å². The lowest BCUT2D eigenvalue weighted by atomic mass is 10.1. The van der Waals surface area contributed by atoms with Crippen molar-refractivity contribution in [3.8, 4) is 11.4 Å². The second-order valence-electron chi connectivity index (χ2n) is 7.33. The van der Waals surface area contributed by atoms with Gasteiger partial charge in [-0.1, -0.05) is 29.8 Å². The lowest BCUT2D eigenvalue weighted by Gasteiger charge is -2.13. The van der Waals surface area contributed by atoms with Gasteiger partial charge in [-0.2, -0.15) is 9.90 Å². The summed E-state index contributed by atoms with van der Waals surface area (Å²) in [4.78, 5) is 26.3.